The Balaban J connectivity index is 2.37. The average molecular weight is 226 g/mol. The summed E-state index contributed by atoms with van der Waals surface area (Å²) in [4.78, 5) is 0. The Bertz CT molecular complexity index is 192. The summed E-state index contributed by atoms with van der Waals surface area (Å²) < 4.78 is 0. The zero-order valence-corrected chi connectivity index (χ0v) is 11.6. The smallest absolute Gasteiger partial charge is 0.0568 e. The van der Waals surface area contributed by atoms with E-state index in [1.165, 1.54) is 38.5 Å². The molecule has 0 aromatic carbocycles. The van der Waals surface area contributed by atoms with Gasteiger partial charge in [-0.2, -0.15) is 0 Å². The fourth-order valence-electron chi connectivity index (χ4n) is 2.94. The van der Waals surface area contributed by atoms with Crippen molar-refractivity contribution in [3.8, 4) is 0 Å². The van der Waals surface area contributed by atoms with Gasteiger partial charge in [0.25, 0.3) is 0 Å². The second kappa shape index (κ2) is 6.05. The Morgan fingerprint density at radius 3 is 2.38 bits per heavy atom. The lowest BCUT2D eigenvalue weighted by Gasteiger charge is -2.34. The summed E-state index contributed by atoms with van der Waals surface area (Å²) in [7, 11) is 0. The molecule has 0 aromatic rings. The fraction of sp³-hybridized carbons (Fsp3) is 1.00. The molecular formula is C15H30O. The second-order valence-corrected chi connectivity index (χ2v) is 6.89. The maximum Gasteiger partial charge on any atom is 0.0568 e. The summed E-state index contributed by atoms with van der Waals surface area (Å²) in [5.41, 5.74) is 0.414. The molecule has 0 aromatic heterocycles. The van der Waals surface area contributed by atoms with Gasteiger partial charge >= 0.3 is 0 Å². The van der Waals surface area contributed by atoms with Crippen molar-refractivity contribution in [1.29, 1.82) is 0 Å². The maximum absolute atomic E-state index is 10.1. The van der Waals surface area contributed by atoms with E-state index < -0.39 is 0 Å². The van der Waals surface area contributed by atoms with E-state index >= 15 is 0 Å². The Kier molecular flexibility index (Phi) is 5.30. The van der Waals surface area contributed by atoms with Gasteiger partial charge in [-0.3, -0.25) is 0 Å². The third-order valence-corrected chi connectivity index (χ3v) is 4.01. The van der Waals surface area contributed by atoms with Crippen LogP contribution in [0.15, 0.2) is 0 Å². The molecule has 1 fully saturated rings. The quantitative estimate of drug-likeness (QED) is 0.753. The van der Waals surface area contributed by atoms with Crippen LogP contribution < -0.4 is 0 Å². The molecular weight excluding hydrogens is 196 g/mol. The summed E-state index contributed by atoms with van der Waals surface area (Å²) in [5.74, 6) is 1.46. The van der Waals surface area contributed by atoms with Gasteiger partial charge in [-0.15, -0.1) is 0 Å². The van der Waals surface area contributed by atoms with E-state index in [1.54, 1.807) is 0 Å². The molecule has 0 heterocycles. The molecule has 1 nitrogen and oxygen atoms in total. The highest BCUT2D eigenvalue weighted by Gasteiger charge is 2.29. The molecule has 1 rings (SSSR count). The zero-order chi connectivity index (χ0) is 12.2. The number of aliphatic hydroxyl groups excluding tert-OH is 1. The first-order chi connectivity index (χ1) is 7.42. The fourth-order valence-corrected chi connectivity index (χ4v) is 2.94. The van der Waals surface area contributed by atoms with Gasteiger partial charge in [0.2, 0.25) is 0 Å². The van der Waals surface area contributed by atoms with E-state index in [4.69, 9.17) is 0 Å². The summed E-state index contributed by atoms with van der Waals surface area (Å²) in [5, 5.41) is 10.1. The van der Waals surface area contributed by atoms with Crippen molar-refractivity contribution < 1.29 is 5.11 Å². The van der Waals surface area contributed by atoms with Crippen LogP contribution in [0.4, 0.5) is 0 Å². The van der Waals surface area contributed by atoms with Crippen molar-refractivity contribution in [2.75, 3.05) is 0 Å². The topological polar surface area (TPSA) is 20.2 Å². The first-order valence-electron chi connectivity index (χ1n) is 7.10. The first-order valence-corrected chi connectivity index (χ1v) is 7.10. The Morgan fingerprint density at radius 2 is 1.81 bits per heavy atom. The molecule has 1 N–H and O–H groups in total. The SMILES string of the molecule is CCCC1CCC(O)C(CCC(C)(C)C)C1. The summed E-state index contributed by atoms with van der Waals surface area (Å²) >= 11 is 0. The molecule has 3 atom stereocenters. The van der Waals surface area contributed by atoms with Gasteiger partial charge in [0.15, 0.2) is 0 Å². The minimum Gasteiger partial charge on any atom is -0.393 e. The Morgan fingerprint density at radius 1 is 1.12 bits per heavy atom. The summed E-state index contributed by atoms with van der Waals surface area (Å²) in [6, 6.07) is 0. The molecule has 1 heteroatoms. The molecule has 0 radical (unpaired) electrons. The van der Waals surface area contributed by atoms with Crippen LogP contribution in [0.2, 0.25) is 0 Å². The number of aliphatic hydroxyl groups is 1. The zero-order valence-electron chi connectivity index (χ0n) is 11.6. The van der Waals surface area contributed by atoms with Crippen molar-refractivity contribution in [2.45, 2.75) is 78.7 Å². The number of hydrogen-bond acceptors (Lipinski definition) is 1. The third kappa shape index (κ3) is 4.86. The molecule has 1 saturated carbocycles. The van der Waals surface area contributed by atoms with Gasteiger partial charge in [-0.25, -0.2) is 0 Å². The van der Waals surface area contributed by atoms with Gasteiger partial charge in [-0.1, -0.05) is 40.5 Å². The lowest BCUT2D eigenvalue weighted by Crippen LogP contribution is -2.30. The number of rotatable bonds is 4. The summed E-state index contributed by atoms with van der Waals surface area (Å²) in [6.07, 6.45) is 8.66. The lowest BCUT2D eigenvalue weighted by molar-refractivity contribution is 0.0364. The van der Waals surface area contributed by atoms with Crippen LogP contribution in [0.5, 0.6) is 0 Å². The van der Waals surface area contributed by atoms with Crippen molar-refractivity contribution in [1.82, 2.24) is 0 Å². The van der Waals surface area contributed by atoms with Gasteiger partial charge in [-0.05, 0) is 49.4 Å². The highest BCUT2D eigenvalue weighted by molar-refractivity contribution is 4.80. The molecule has 16 heavy (non-hydrogen) atoms. The molecule has 0 saturated heterocycles. The Labute approximate surface area is 102 Å². The molecule has 1 aliphatic carbocycles. The molecule has 0 aliphatic heterocycles. The van der Waals surface area contributed by atoms with Gasteiger partial charge < -0.3 is 5.11 Å². The third-order valence-electron chi connectivity index (χ3n) is 4.01. The Hall–Kier alpha value is -0.0400. The van der Waals surface area contributed by atoms with Crippen molar-refractivity contribution in [3.05, 3.63) is 0 Å². The molecule has 0 amide bonds. The van der Waals surface area contributed by atoms with Crippen molar-refractivity contribution >= 4 is 0 Å². The van der Waals surface area contributed by atoms with Crippen LogP contribution in [0, 0.1) is 17.3 Å². The van der Waals surface area contributed by atoms with Crippen molar-refractivity contribution in [3.63, 3.8) is 0 Å². The van der Waals surface area contributed by atoms with Crippen molar-refractivity contribution in [2.24, 2.45) is 17.3 Å². The van der Waals surface area contributed by atoms with Crippen LogP contribution in [-0.2, 0) is 0 Å². The van der Waals surface area contributed by atoms with E-state index in [-0.39, 0.29) is 6.10 Å². The lowest BCUT2D eigenvalue weighted by atomic mass is 9.74. The van der Waals surface area contributed by atoms with E-state index in [0.717, 1.165) is 12.3 Å². The van der Waals surface area contributed by atoms with Gasteiger partial charge in [0.05, 0.1) is 6.10 Å². The predicted octanol–water partition coefficient (Wildman–Crippen LogP) is 4.39. The van der Waals surface area contributed by atoms with Gasteiger partial charge in [0, 0.05) is 0 Å². The normalized spacial score (nSPS) is 31.7. The molecule has 96 valence electrons. The standard InChI is InChI=1S/C15H30O/c1-5-6-12-7-8-14(16)13(11-12)9-10-15(2,3)4/h12-14,16H,5-11H2,1-4H3. The highest BCUT2D eigenvalue weighted by Crippen LogP contribution is 2.36. The minimum atomic E-state index is -0.0181. The van der Waals surface area contributed by atoms with E-state index in [9.17, 15) is 5.11 Å². The van der Waals surface area contributed by atoms with E-state index in [2.05, 4.69) is 27.7 Å². The molecule has 1 aliphatic rings. The molecule has 0 spiro atoms. The maximum atomic E-state index is 10.1. The highest BCUT2D eigenvalue weighted by atomic mass is 16.3. The van der Waals surface area contributed by atoms with Crippen LogP contribution in [0.3, 0.4) is 0 Å². The van der Waals surface area contributed by atoms with Crippen LogP contribution in [0.25, 0.3) is 0 Å². The predicted molar refractivity (Wildman–Crippen MR) is 70.4 cm³/mol. The number of hydrogen-bond donors (Lipinski definition) is 1. The van der Waals surface area contributed by atoms with Gasteiger partial charge in [0.1, 0.15) is 0 Å². The van der Waals surface area contributed by atoms with Crippen LogP contribution in [-0.4, -0.2) is 11.2 Å². The first kappa shape index (κ1) is 14.0. The monoisotopic (exact) mass is 226 g/mol. The van der Waals surface area contributed by atoms with Crippen LogP contribution >= 0.6 is 0 Å². The molecule has 3 unspecified atom stereocenters. The van der Waals surface area contributed by atoms with E-state index in [0.29, 0.717) is 11.3 Å². The average Bonchev–Trinajstić information content (AvgIpc) is 2.18. The molecule has 0 bridgehead atoms. The van der Waals surface area contributed by atoms with Crippen LogP contribution in [0.1, 0.15) is 72.6 Å². The summed E-state index contributed by atoms with van der Waals surface area (Å²) in [6.45, 7) is 9.17. The largest absolute Gasteiger partial charge is 0.393 e. The minimum absolute atomic E-state index is 0.0181. The van der Waals surface area contributed by atoms with E-state index in [1.807, 2.05) is 0 Å². The second-order valence-electron chi connectivity index (χ2n) is 6.89.